The van der Waals surface area contributed by atoms with Crippen LogP contribution in [0.25, 0.3) is 5.76 Å². The zero-order chi connectivity index (χ0) is 21.3. The Bertz CT molecular complexity index is 1100. The Kier molecular flexibility index (Phi) is 5.66. The summed E-state index contributed by atoms with van der Waals surface area (Å²) in [6.45, 7) is 0.273. The minimum absolute atomic E-state index is 0.00613. The third-order valence-electron chi connectivity index (χ3n) is 5.02. The first-order valence-corrected chi connectivity index (χ1v) is 10.0. The Hall–Kier alpha value is -3.02. The highest BCUT2D eigenvalue weighted by Crippen LogP contribution is 2.39. The van der Waals surface area contributed by atoms with Gasteiger partial charge in [0, 0.05) is 22.2 Å². The van der Waals surface area contributed by atoms with Gasteiger partial charge in [-0.15, -0.1) is 0 Å². The number of carbonyl (C=O) groups is 2. The summed E-state index contributed by atoms with van der Waals surface area (Å²) in [5.41, 5.74) is 1.36. The molecule has 1 fully saturated rings. The molecule has 0 aliphatic carbocycles. The first-order valence-electron chi connectivity index (χ1n) is 9.28. The Balaban J connectivity index is 1.72. The van der Waals surface area contributed by atoms with Crippen LogP contribution in [-0.2, 0) is 16.0 Å². The third-order valence-corrected chi connectivity index (χ3v) is 5.53. The minimum atomic E-state index is -0.817. The Labute approximate surface area is 183 Å². The lowest BCUT2D eigenvalue weighted by molar-refractivity contribution is -0.140. The lowest BCUT2D eigenvalue weighted by Crippen LogP contribution is -2.31. The van der Waals surface area contributed by atoms with Crippen molar-refractivity contribution in [3.63, 3.8) is 0 Å². The molecule has 1 saturated heterocycles. The number of hydrogen-bond donors (Lipinski definition) is 1. The van der Waals surface area contributed by atoms with Gasteiger partial charge in [0.25, 0.3) is 11.7 Å². The molecule has 30 heavy (non-hydrogen) atoms. The topological polar surface area (TPSA) is 70.8 Å². The molecule has 1 unspecified atom stereocenters. The third kappa shape index (κ3) is 3.86. The van der Waals surface area contributed by atoms with E-state index in [1.54, 1.807) is 48.5 Å². The van der Waals surface area contributed by atoms with Gasteiger partial charge in [-0.1, -0.05) is 35.3 Å². The summed E-state index contributed by atoms with van der Waals surface area (Å²) in [5.74, 6) is -1.29. The van der Waals surface area contributed by atoms with Gasteiger partial charge in [-0.2, -0.15) is 0 Å². The second kappa shape index (κ2) is 8.38. The number of rotatable bonds is 5. The predicted molar refractivity (Wildman–Crippen MR) is 114 cm³/mol. The van der Waals surface area contributed by atoms with Gasteiger partial charge in [0.05, 0.1) is 11.8 Å². The summed E-state index contributed by atoms with van der Waals surface area (Å²) in [6.07, 6.45) is 1.99. The molecular weight excluding hydrogens is 425 g/mol. The van der Waals surface area contributed by atoms with Gasteiger partial charge in [0.1, 0.15) is 17.6 Å². The van der Waals surface area contributed by atoms with Gasteiger partial charge in [-0.25, -0.2) is 0 Å². The van der Waals surface area contributed by atoms with Crippen molar-refractivity contribution in [2.24, 2.45) is 0 Å². The summed E-state index contributed by atoms with van der Waals surface area (Å²) in [7, 11) is 0. The van der Waals surface area contributed by atoms with Crippen LogP contribution in [0.5, 0.6) is 0 Å². The summed E-state index contributed by atoms with van der Waals surface area (Å²) in [6, 6.07) is 16.2. The highest BCUT2D eigenvalue weighted by Gasteiger charge is 2.47. The Morgan fingerprint density at radius 3 is 2.20 bits per heavy atom. The largest absolute Gasteiger partial charge is 0.507 e. The normalized spacial score (nSPS) is 18.2. The monoisotopic (exact) mass is 441 g/mol. The molecule has 1 atom stereocenters. The van der Waals surface area contributed by atoms with E-state index in [1.807, 2.05) is 12.1 Å². The van der Waals surface area contributed by atoms with E-state index in [2.05, 4.69) is 0 Å². The van der Waals surface area contributed by atoms with Gasteiger partial charge in [-0.05, 0) is 60.5 Å². The molecule has 152 valence electrons. The second-order valence-electron chi connectivity index (χ2n) is 6.89. The van der Waals surface area contributed by atoms with Crippen LogP contribution in [0.2, 0.25) is 10.0 Å². The van der Waals surface area contributed by atoms with Crippen LogP contribution < -0.4 is 0 Å². The van der Waals surface area contributed by atoms with Gasteiger partial charge in [0.2, 0.25) is 0 Å². The number of aliphatic hydroxyl groups is 1. The molecule has 4 rings (SSSR count). The van der Waals surface area contributed by atoms with Crippen LogP contribution in [-0.4, -0.2) is 28.2 Å². The van der Waals surface area contributed by atoms with Gasteiger partial charge >= 0.3 is 0 Å². The number of hydrogen-bond acceptors (Lipinski definition) is 4. The van der Waals surface area contributed by atoms with Gasteiger partial charge in [-0.3, -0.25) is 9.59 Å². The van der Waals surface area contributed by atoms with E-state index in [4.69, 9.17) is 27.6 Å². The maximum atomic E-state index is 12.9. The van der Waals surface area contributed by atoms with Crippen molar-refractivity contribution in [3.05, 3.63) is 99.4 Å². The molecule has 2 heterocycles. The van der Waals surface area contributed by atoms with Crippen LogP contribution in [0.15, 0.2) is 76.9 Å². The number of carbonyl (C=O) groups excluding carboxylic acids is 2. The summed E-state index contributed by atoms with van der Waals surface area (Å²) < 4.78 is 5.52. The number of aliphatic hydroxyl groups excluding tert-OH is 1. The van der Waals surface area contributed by atoms with Crippen molar-refractivity contribution in [2.45, 2.75) is 12.5 Å². The first-order chi connectivity index (χ1) is 14.5. The molecule has 5 nitrogen and oxygen atoms in total. The van der Waals surface area contributed by atoms with Gasteiger partial charge in [0.15, 0.2) is 0 Å². The number of furan rings is 1. The van der Waals surface area contributed by atoms with Gasteiger partial charge < -0.3 is 14.4 Å². The summed E-state index contributed by atoms with van der Waals surface area (Å²) in [5, 5.41) is 12.0. The van der Waals surface area contributed by atoms with Crippen LogP contribution in [0.4, 0.5) is 0 Å². The van der Waals surface area contributed by atoms with E-state index >= 15 is 0 Å². The fraction of sp³-hybridized carbons (Fsp3) is 0.130. The van der Waals surface area contributed by atoms with Crippen molar-refractivity contribution in [3.8, 4) is 0 Å². The van der Waals surface area contributed by atoms with Crippen molar-refractivity contribution >= 4 is 40.7 Å². The molecule has 2 aromatic carbocycles. The number of halogens is 2. The zero-order valence-corrected chi connectivity index (χ0v) is 17.2. The van der Waals surface area contributed by atoms with E-state index in [-0.39, 0.29) is 17.9 Å². The van der Waals surface area contributed by atoms with Crippen molar-refractivity contribution < 1.29 is 19.1 Å². The number of likely N-dealkylation sites (tertiary alicyclic amines) is 1. The van der Waals surface area contributed by atoms with Crippen molar-refractivity contribution in [2.75, 3.05) is 6.54 Å². The Morgan fingerprint density at radius 2 is 1.60 bits per heavy atom. The molecule has 0 radical (unpaired) electrons. The smallest absolute Gasteiger partial charge is 0.295 e. The number of amides is 1. The first kappa shape index (κ1) is 20.3. The molecule has 1 aliphatic rings. The van der Waals surface area contributed by atoms with E-state index in [9.17, 15) is 14.7 Å². The van der Waals surface area contributed by atoms with Crippen LogP contribution in [0.3, 0.4) is 0 Å². The number of benzene rings is 2. The van der Waals surface area contributed by atoms with Crippen molar-refractivity contribution in [1.82, 2.24) is 4.90 Å². The molecule has 0 spiro atoms. The summed E-state index contributed by atoms with van der Waals surface area (Å²) in [4.78, 5) is 27.1. The molecule has 1 N–H and O–H groups in total. The number of Topliss-reactive ketones (excluding diaryl/α,β-unsaturated/α-hetero) is 1. The average Bonchev–Trinajstić information content (AvgIpc) is 3.35. The molecular formula is C23H17Cl2NO4. The fourth-order valence-corrected chi connectivity index (χ4v) is 3.77. The Morgan fingerprint density at radius 1 is 0.967 bits per heavy atom. The number of nitrogens with zero attached hydrogens (tertiary/aromatic N) is 1. The molecule has 1 aliphatic heterocycles. The van der Waals surface area contributed by atoms with E-state index in [1.165, 1.54) is 11.2 Å². The standard InChI is InChI=1S/C23H17Cl2NO4/c24-16-7-3-14(4-8-16)11-12-26-20(18-2-1-13-30-18)19(22(28)23(26)29)21(27)15-5-9-17(25)10-6-15/h1-10,13,20,27H,11-12H2/b21-19-. The second-order valence-corrected chi connectivity index (χ2v) is 7.76. The van der Waals surface area contributed by atoms with E-state index in [0.29, 0.717) is 27.8 Å². The lowest BCUT2D eigenvalue weighted by atomic mass is 9.99. The van der Waals surface area contributed by atoms with E-state index in [0.717, 1.165) is 5.56 Å². The highest BCUT2D eigenvalue weighted by molar-refractivity contribution is 6.46. The lowest BCUT2D eigenvalue weighted by Gasteiger charge is -2.23. The maximum Gasteiger partial charge on any atom is 0.295 e. The van der Waals surface area contributed by atoms with E-state index < -0.39 is 17.7 Å². The van der Waals surface area contributed by atoms with Crippen LogP contribution in [0.1, 0.15) is 22.9 Å². The quantitative estimate of drug-likeness (QED) is 0.333. The zero-order valence-electron chi connectivity index (χ0n) is 15.7. The maximum absolute atomic E-state index is 12.9. The fourth-order valence-electron chi connectivity index (χ4n) is 3.52. The number of ketones is 1. The molecule has 0 saturated carbocycles. The summed E-state index contributed by atoms with van der Waals surface area (Å²) >= 11 is 11.9. The molecule has 0 bridgehead atoms. The van der Waals surface area contributed by atoms with Crippen molar-refractivity contribution in [1.29, 1.82) is 0 Å². The van der Waals surface area contributed by atoms with Crippen LogP contribution >= 0.6 is 23.2 Å². The average molecular weight is 442 g/mol. The molecule has 3 aromatic rings. The molecule has 1 aromatic heterocycles. The highest BCUT2D eigenvalue weighted by atomic mass is 35.5. The predicted octanol–water partition coefficient (Wildman–Crippen LogP) is 5.25. The SMILES string of the molecule is O=C1C(=O)N(CCc2ccc(Cl)cc2)C(c2ccco2)/C1=C(/O)c1ccc(Cl)cc1. The van der Waals surface area contributed by atoms with Crippen LogP contribution in [0, 0.1) is 0 Å². The minimum Gasteiger partial charge on any atom is -0.507 e. The molecule has 7 heteroatoms. The molecule has 1 amide bonds.